The molecular formula is C21H22O6. The summed E-state index contributed by atoms with van der Waals surface area (Å²) in [5.74, 6) is 1.20. The summed E-state index contributed by atoms with van der Waals surface area (Å²) >= 11 is 0. The van der Waals surface area contributed by atoms with Crippen LogP contribution in [0.2, 0.25) is 0 Å². The van der Waals surface area contributed by atoms with E-state index in [1.54, 1.807) is 19.2 Å². The first-order valence-corrected chi connectivity index (χ1v) is 9.75. The number of ether oxygens (including phenoxy) is 1. The molecule has 4 bridgehead atoms. The highest BCUT2D eigenvalue weighted by Gasteiger charge is 2.76. The van der Waals surface area contributed by atoms with Crippen LogP contribution in [0.5, 0.6) is 5.75 Å². The maximum absolute atomic E-state index is 11.7. The quantitative estimate of drug-likeness (QED) is 0.644. The van der Waals surface area contributed by atoms with Gasteiger partial charge in [0, 0.05) is 30.2 Å². The van der Waals surface area contributed by atoms with E-state index < -0.39 is 17.0 Å². The molecule has 0 amide bonds. The standard InChI is InChI=1S/C21H22O6/c1-24-21(17-9-15(22)10-18-16(17)2-3-19(23)25-18)20(26-27-21)13-5-11-4-12(7-13)8-14(20)6-11/h2-3,9-14,22H,4-8H2,1H3. The summed E-state index contributed by atoms with van der Waals surface area (Å²) in [5, 5.41) is 11.0. The van der Waals surface area contributed by atoms with Gasteiger partial charge in [-0.15, -0.1) is 0 Å². The van der Waals surface area contributed by atoms with Gasteiger partial charge in [-0.2, -0.15) is 4.89 Å². The molecule has 1 aliphatic heterocycles. The van der Waals surface area contributed by atoms with Crippen molar-refractivity contribution in [3.05, 3.63) is 40.2 Å². The van der Waals surface area contributed by atoms with Crippen LogP contribution in [0.4, 0.5) is 0 Å². The van der Waals surface area contributed by atoms with E-state index in [9.17, 15) is 9.90 Å². The highest BCUT2D eigenvalue weighted by Crippen LogP contribution is 2.69. The molecule has 27 heavy (non-hydrogen) atoms. The second-order valence-corrected chi connectivity index (χ2v) is 8.74. The minimum atomic E-state index is -1.10. The van der Waals surface area contributed by atoms with Crippen molar-refractivity contribution in [3.63, 3.8) is 0 Å². The zero-order valence-electron chi connectivity index (χ0n) is 15.1. The van der Waals surface area contributed by atoms with Crippen molar-refractivity contribution in [2.75, 3.05) is 7.11 Å². The van der Waals surface area contributed by atoms with E-state index in [4.69, 9.17) is 18.9 Å². The fraction of sp³-hybridized carbons (Fsp3) is 0.571. The van der Waals surface area contributed by atoms with Crippen molar-refractivity contribution in [1.29, 1.82) is 0 Å². The SMILES string of the molecule is COC1(c2cc(O)cc3oc(=O)ccc23)OOC12C1CC3CC(C1)CC2C3. The first-order chi connectivity index (χ1) is 13.1. The number of hydrogen-bond acceptors (Lipinski definition) is 6. The molecule has 5 fully saturated rings. The Balaban J connectivity index is 1.58. The number of hydrogen-bond donors (Lipinski definition) is 1. The molecule has 1 aromatic carbocycles. The van der Waals surface area contributed by atoms with Crippen LogP contribution in [0.15, 0.2) is 33.5 Å². The lowest BCUT2D eigenvalue weighted by Gasteiger charge is -2.68. The van der Waals surface area contributed by atoms with Gasteiger partial charge in [0.05, 0.1) is 0 Å². The van der Waals surface area contributed by atoms with E-state index >= 15 is 0 Å². The normalized spacial score (nSPS) is 42.0. The number of aromatic hydroxyl groups is 1. The van der Waals surface area contributed by atoms with Crippen LogP contribution in [-0.4, -0.2) is 17.8 Å². The van der Waals surface area contributed by atoms with Crippen LogP contribution in [0.3, 0.4) is 0 Å². The Morgan fingerprint density at radius 2 is 1.74 bits per heavy atom. The summed E-state index contributed by atoms with van der Waals surface area (Å²) in [4.78, 5) is 23.4. The van der Waals surface area contributed by atoms with Gasteiger partial charge in [-0.25, -0.2) is 9.68 Å². The monoisotopic (exact) mass is 370 g/mol. The van der Waals surface area contributed by atoms with Crippen LogP contribution in [0.1, 0.15) is 37.7 Å². The van der Waals surface area contributed by atoms with E-state index in [2.05, 4.69) is 0 Å². The average Bonchev–Trinajstić information content (AvgIpc) is 2.60. The van der Waals surface area contributed by atoms with Gasteiger partial charge in [0.25, 0.3) is 5.79 Å². The Morgan fingerprint density at radius 3 is 2.33 bits per heavy atom. The van der Waals surface area contributed by atoms with Crippen LogP contribution >= 0.6 is 0 Å². The summed E-state index contributed by atoms with van der Waals surface area (Å²) in [7, 11) is 1.63. The summed E-state index contributed by atoms with van der Waals surface area (Å²) in [6.07, 6.45) is 5.87. The first-order valence-electron chi connectivity index (χ1n) is 9.75. The molecule has 5 aliphatic rings. The van der Waals surface area contributed by atoms with Crippen molar-refractivity contribution in [2.45, 2.75) is 43.5 Å². The molecule has 6 nitrogen and oxygen atoms in total. The molecule has 6 heteroatoms. The topological polar surface area (TPSA) is 78.1 Å². The van der Waals surface area contributed by atoms with E-state index in [1.807, 2.05) is 0 Å². The Bertz CT molecular complexity index is 962. The summed E-state index contributed by atoms with van der Waals surface area (Å²) in [5.41, 5.74) is -0.0158. The fourth-order valence-corrected chi connectivity index (χ4v) is 6.76. The molecule has 2 heterocycles. The van der Waals surface area contributed by atoms with Crippen LogP contribution in [0.25, 0.3) is 11.0 Å². The van der Waals surface area contributed by atoms with Gasteiger partial charge in [-0.3, -0.25) is 0 Å². The molecule has 4 aliphatic carbocycles. The number of fused-ring (bicyclic) bond motifs is 1. The molecular weight excluding hydrogens is 348 g/mol. The third kappa shape index (κ3) is 1.84. The number of rotatable bonds is 2. The maximum atomic E-state index is 11.7. The lowest BCUT2D eigenvalue weighted by molar-refractivity contribution is -0.645. The maximum Gasteiger partial charge on any atom is 0.336 e. The Kier molecular flexibility index (Phi) is 3.06. The van der Waals surface area contributed by atoms with Crippen molar-refractivity contribution in [1.82, 2.24) is 0 Å². The Labute approximate surface area is 155 Å². The average molecular weight is 370 g/mol. The molecule has 0 radical (unpaired) electrons. The molecule has 4 saturated carbocycles. The number of phenolic OH excluding ortho intramolecular Hbond substituents is 1. The molecule has 1 unspecified atom stereocenters. The third-order valence-electron chi connectivity index (χ3n) is 7.53. The molecule has 2 aromatic rings. The van der Waals surface area contributed by atoms with E-state index in [0.29, 0.717) is 28.4 Å². The van der Waals surface area contributed by atoms with Gasteiger partial charge in [0.2, 0.25) is 0 Å². The van der Waals surface area contributed by atoms with Gasteiger partial charge in [0.15, 0.2) is 5.60 Å². The minimum Gasteiger partial charge on any atom is -0.508 e. The lowest BCUT2D eigenvalue weighted by Crippen LogP contribution is -2.76. The first kappa shape index (κ1) is 16.1. The Morgan fingerprint density at radius 1 is 1.04 bits per heavy atom. The zero-order chi connectivity index (χ0) is 18.4. The fourth-order valence-electron chi connectivity index (χ4n) is 6.76. The molecule has 1 saturated heterocycles. The summed E-state index contributed by atoms with van der Waals surface area (Å²) < 4.78 is 11.4. The van der Waals surface area contributed by atoms with Crippen LogP contribution in [-0.2, 0) is 20.3 Å². The zero-order valence-corrected chi connectivity index (χ0v) is 15.1. The minimum absolute atomic E-state index is 0.0118. The van der Waals surface area contributed by atoms with E-state index in [1.165, 1.54) is 18.6 Å². The second kappa shape index (κ2) is 5.13. The number of phenols is 1. The molecule has 142 valence electrons. The van der Waals surface area contributed by atoms with E-state index in [-0.39, 0.29) is 5.75 Å². The predicted octanol–water partition coefficient (Wildman–Crippen LogP) is 3.45. The van der Waals surface area contributed by atoms with E-state index in [0.717, 1.165) is 37.5 Å². The van der Waals surface area contributed by atoms with Crippen molar-refractivity contribution in [3.8, 4) is 5.75 Å². The smallest absolute Gasteiger partial charge is 0.336 e. The van der Waals surface area contributed by atoms with Crippen molar-refractivity contribution in [2.24, 2.45) is 23.7 Å². The summed E-state index contributed by atoms with van der Waals surface area (Å²) in [6, 6.07) is 6.20. The third-order valence-corrected chi connectivity index (χ3v) is 7.53. The molecule has 1 N–H and O–H groups in total. The molecule has 7 rings (SSSR count). The highest BCUT2D eigenvalue weighted by atomic mass is 17.3. The molecule has 1 atom stereocenters. The van der Waals surface area contributed by atoms with Gasteiger partial charge < -0.3 is 14.3 Å². The number of methoxy groups -OCH3 is 1. The van der Waals surface area contributed by atoms with Crippen molar-refractivity contribution < 1.29 is 24.0 Å². The van der Waals surface area contributed by atoms with Crippen molar-refractivity contribution >= 4 is 11.0 Å². The highest BCUT2D eigenvalue weighted by molar-refractivity contribution is 5.83. The van der Waals surface area contributed by atoms with Crippen LogP contribution in [0, 0.1) is 23.7 Å². The molecule has 1 aromatic heterocycles. The van der Waals surface area contributed by atoms with Gasteiger partial charge in [-0.1, -0.05) is 0 Å². The number of benzene rings is 1. The largest absolute Gasteiger partial charge is 0.508 e. The second-order valence-electron chi connectivity index (χ2n) is 8.74. The van der Waals surface area contributed by atoms with Gasteiger partial charge in [0.1, 0.15) is 11.3 Å². The summed E-state index contributed by atoms with van der Waals surface area (Å²) in [6.45, 7) is 0. The van der Waals surface area contributed by atoms with Crippen LogP contribution < -0.4 is 5.63 Å². The molecule has 1 spiro atoms. The van der Waals surface area contributed by atoms with Gasteiger partial charge >= 0.3 is 5.63 Å². The predicted molar refractivity (Wildman–Crippen MR) is 94.8 cm³/mol. The van der Waals surface area contributed by atoms with Gasteiger partial charge in [-0.05, 0) is 67.9 Å². The lowest BCUT2D eigenvalue weighted by atomic mass is 9.47. The Hall–Kier alpha value is -1.89.